The lowest BCUT2D eigenvalue weighted by Crippen LogP contribution is -2.53. The molecular weight excluding hydrogens is 1750 g/mol. The molecule has 42 nitrogen and oxygen atoms in total. The number of hydrogen-bond donors (Lipinski definition) is 6. The van der Waals surface area contributed by atoms with Crippen LogP contribution >= 0.6 is 0 Å². The number of anilines is 6. The molecule has 0 unspecified atom stereocenters. The topological polar surface area (TPSA) is 417 Å². The van der Waals surface area contributed by atoms with Gasteiger partial charge in [-0.3, -0.25) is 28.8 Å². The summed E-state index contributed by atoms with van der Waals surface area (Å²) in [7, 11) is 1.34. The van der Waals surface area contributed by atoms with Crippen LogP contribution in [-0.4, -0.2) is 350 Å². The van der Waals surface area contributed by atoms with Crippen molar-refractivity contribution < 1.29 is 106 Å². The summed E-state index contributed by atoms with van der Waals surface area (Å²) in [6.45, 7) is -14.8. The minimum Gasteiger partial charge on any atom is -0.354 e. The van der Waals surface area contributed by atoms with Crippen LogP contribution in [0.15, 0.2) is 111 Å². The van der Waals surface area contributed by atoms with Crippen molar-refractivity contribution in [1.82, 2.24) is 119 Å². The van der Waals surface area contributed by atoms with E-state index in [9.17, 15) is 30.1 Å². The maximum atomic E-state index is 12.7. The van der Waals surface area contributed by atoms with Crippen molar-refractivity contribution in [1.29, 1.82) is 0 Å². The number of fused-ring (bicyclic) bond motifs is 6. The molecule has 0 bridgehead atoms. The smallest absolute Gasteiger partial charge is 0.302 e. The predicted molar refractivity (Wildman–Crippen MR) is 527 cm³/mol. The van der Waals surface area contributed by atoms with Crippen molar-refractivity contribution in [3.63, 3.8) is 0 Å². The van der Waals surface area contributed by atoms with Crippen LogP contribution in [0.1, 0.15) is 157 Å². The molecule has 18 rings (SSSR count). The molecule has 18 heterocycles. The first-order valence-corrected chi connectivity index (χ1v) is 41.2. The van der Waals surface area contributed by atoms with E-state index in [0.29, 0.717) is 50.2 Å². The molecule has 12 aromatic heterocycles. The molecule has 0 saturated carbocycles. The summed E-state index contributed by atoms with van der Waals surface area (Å²) in [6.07, 6.45) is 3.97. The zero-order valence-electron chi connectivity index (χ0n) is 129. The van der Waals surface area contributed by atoms with E-state index in [1.54, 1.807) is 26.1 Å². The van der Waals surface area contributed by atoms with Crippen molar-refractivity contribution in [2.24, 2.45) is 35.5 Å². The van der Waals surface area contributed by atoms with Crippen molar-refractivity contribution in [3.8, 4) is 0 Å². The fourth-order valence-corrected chi connectivity index (χ4v) is 14.6. The lowest BCUT2D eigenvalue weighted by Gasteiger charge is -2.41. The molecule has 6 N–H and O–H groups in total. The molecule has 42 heteroatoms. The third kappa shape index (κ3) is 23.1. The number of aromatic nitrogens is 18. The largest absolute Gasteiger partial charge is 0.354 e. The third-order valence-electron chi connectivity index (χ3n) is 21.7. The Balaban J connectivity index is 0.000000188. The van der Waals surface area contributed by atoms with Gasteiger partial charge >= 0.3 is 35.4 Å². The summed E-state index contributed by atoms with van der Waals surface area (Å²) in [5, 5.41) is 1.00. The molecule has 6 aliphatic rings. The maximum absolute atomic E-state index is 12.7. The van der Waals surface area contributed by atoms with Crippen molar-refractivity contribution >= 4 is 137 Å². The first kappa shape index (κ1) is 49.7. The van der Waals surface area contributed by atoms with Gasteiger partial charge in [-0.15, -0.1) is 0 Å². The minimum atomic E-state index is -3.50. The van der Waals surface area contributed by atoms with Gasteiger partial charge in [0, 0.05) is 193 Å². The van der Waals surface area contributed by atoms with Gasteiger partial charge in [-0.2, -0.15) is 0 Å². The average Bonchev–Trinajstić information content (AvgIpc) is 0.815. The highest BCUT2D eigenvalue weighted by Crippen LogP contribution is 2.37. The van der Waals surface area contributed by atoms with Gasteiger partial charge in [-0.1, -0.05) is 41.3 Å². The van der Waals surface area contributed by atoms with Gasteiger partial charge in [0.25, 0.3) is 39.0 Å². The first-order chi connectivity index (χ1) is 88.4. The van der Waals surface area contributed by atoms with E-state index in [2.05, 4.69) is 119 Å². The zero-order chi connectivity index (χ0) is 147. The molecule has 12 aromatic rings. The van der Waals surface area contributed by atoms with E-state index in [0.717, 1.165) is 14.7 Å². The number of likely N-dealkylation sites (tertiary alicyclic amines) is 6. The Morgan fingerprint density at radius 2 is 0.580 bits per heavy atom. The van der Waals surface area contributed by atoms with Crippen LogP contribution in [0.3, 0.4) is 0 Å². The highest BCUT2D eigenvalue weighted by atomic mass is 16.2. The summed E-state index contributed by atoms with van der Waals surface area (Å²) in [4.78, 5) is 161. The van der Waals surface area contributed by atoms with E-state index in [1.807, 2.05) is 0 Å². The zero-order valence-corrected chi connectivity index (χ0v) is 73.1. The van der Waals surface area contributed by atoms with E-state index < -0.39 is 328 Å². The number of carbonyl (C=O) groups excluding carboxylic acids is 6. The van der Waals surface area contributed by atoms with E-state index in [-0.39, 0.29) is 123 Å². The van der Waals surface area contributed by atoms with Gasteiger partial charge in [0.1, 0.15) is 129 Å². The fraction of sp³-hybridized carbons (Fsp3) is 0.500. The summed E-state index contributed by atoms with van der Waals surface area (Å²) < 4.78 is 456. The number of aromatic amines is 6. The molecule has 6 aliphatic heterocycles. The Bertz CT molecular complexity index is 8890. The second-order valence-corrected chi connectivity index (χ2v) is 30.3. The molecule has 0 spiro atoms. The van der Waals surface area contributed by atoms with Crippen molar-refractivity contribution in [2.45, 2.75) is 116 Å². The van der Waals surface area contributed by atoms with E-state index in [1.165, 1.54) is 75.3 Å². The van der Waals surface area contributed by atoms with E-state index in [4.69, 9.17) is 115 Å². The lowest BCUT2D eigenvalue weighted by molar-refractivity contribution is -0.131. The Morgan fingerprint density at radius 1 is 0.341 bits per heavy atom. The molecule has 720 valence electrons. The second-order valence-electron chi connectivity index (χ2n) is 30.3. The van der Waals surface area contributed by atoms with Crippen molar-refractivity contribution in [3.05, 3.63) is 180 Å². The number of carbonyl (C=O) groups is 6. The Hall–Kier alpha value is -15.7. The molecule has 138 heavy (non-hydrogen) atoms. The second kappa shape index (κ2) is 46.5. The Kier molecular flexibility index (Phi) is 16.7. The summed E-state index contributed by atoms with van der Waals surface area (Å²) in [5.74, 6) is -19.5. The molecule has 0 aliphatic carbocycles. The number of piperidine rings is 6. The normalized spacial score (nSPS) is 32.7. The molecule has 12 atom stereocenters. The Morgan fingerprint density at radius 3 is 0.848 bits per heavy atom. The maximum Gasteiger partial charge on any atom is 0.302 e. The summed E-state index contributed by atoms with van der Waals surface area (Å²) >= 11 is 0. The summed E-state index contributed by atoms with van der Waals surface area (Å²) in [5.41, 5.74) is 0.776. The molecular formula is C96H120N36O6. The standard InChI is InChI=1S/6C16H20N6O/c6*1-11-5-7-22(14(23)8-17-2)9-13(11)21(3)16-12-4-6-18-15(12)19-10-20-16/h6*4,6,10-11,13H,5,7-9H2,1,3H3,(H,18,19,20)/t6*11-,13+/m111111/s1/i1D3,3D3,9D2,10D,11D,13D;8D2,9D2,10D,11D,13D;2*1D3,3D3,8D2,9D2,10D;2*3D3,8D2,9D2,10D. The first-order valence-electron chi connectivity index (χ1n) is 69.2. The van der Waals surface area contributed by atoms with Crippen LogP contribution < -0.4 is 29.4 Å². The summed E-state index contributed by atoms with van der Waals surface area (Å²) in [6, 6.07) is -4.38. The number of amides is 6. The number of H-pyrrole nitrogens is 6. The number of nitrogens with zero attached hydrogens (tertiary/aromatic N) is 30. The molecule has 6 fully saturated rings. The van der Waals surface area contributed by atoms with Gasteiger partial charge in [0.15, 0.2) is 0 Å². The predicted octanol–water partition coefficient (Wildman–Crippen LogP) is 9.30. The highest BCUT2D eigenvalue weighted by Gasteiger charge is 2.41. The molecule has 0 radical (unpaired) electrons. The van der Waals surface area contributed by atoms with Gasteiger partial charge < -0.3 is 118 Å². The van der Waals surface area contributed by atoms with Crippen LogP contribution in [-0.2, 0) is 28.8 Å². The van der Waals surface area contributed by atoms with Gasteiger partial charge in [0.05, 0.1) is 87.7 Å². The van der Waals surface area contributed by atoms with Gasteiger partial charge in [-0.25, -0.2) is 99.2 Å². The van der Waals surface area contributed by atoms with Crippen LogP contribution in [0.4, 0.5) is 34.9 Å². The molecule has 6 amide bonds. The lowest BCUT2D eigenvalue weighted by atomic mass is 9.92. The van der Waals surface area contributed by atoms with Gasteiger partial charge in [0.2, 0.25) is 0 Å². The number of rotatable bonds is 18. The SMILES string of the molecule is [2H]c1nc(N(C([2H])([2H])[2H])[C@@]2([2H])C([2H])([2H])N(C(=O)C[N+]#[C-])CC[C@@]2([2H])C([2H])([2H])[2H])c2cc[nH]c2n1.[2H]c1nc(N(C)[C@@]2([2H])C([2H])([2H])N(C(=O)C([2H])([2H])[N+]#[C-])CC[C@@]2([2H])C)c2cc[nH]c2n1.[2H]c1nc(N([C@@H]2[C@H](C([2H])([2H])[2H])CCN(C(=O)C([2H])([2H])[N+]#[C-])C2([2H])[2H])C([2H])([2H])[2H])c2cc[nH]c2n1.[2H]c1nc(N([C@@H]2[C@H](C([2H])([2H])[2H])CCN(C(=O)C([2H])([2H])[N+]#[C-])C2([2H])[2H])C([2H])([2H])[2H])c2cc[nH]c2n1.[2H]c1nc(N([C@@H]2[C@H](C)CCN(C(=O)C([2H])([2H])[N+]#[C-])C2([2H])[2H])C([2H])([2H])[2H])c2cc[nH]c2n1.[2H]c1nc(N([C@@H]2[C@H](C)CCN(C(=O)C([2H])([2H])[N+]#[C-])C2([2H])[2H])C([2H])([2H])[2H])c2cc[nH]c2n1. The third-order valence-corrected chi connectivity index (χ3v) is 21.7. The highest BCUT2D eigenvalue weighted by molar-refractivity contribution is 5.93. The average molecular weight is 1930 g/mol. The number of hydrogen-bond acceptors (Lipinski definition) is 24. The van der Waals surface area contributed by atoms with Crippen LogP contribution in [0, 0.1) is 74.9 Å². The molecule has 6 saturated heterocycles. The quantitative estimate of drug-likeness (QED) is 0.0435. The molecule has 0 aromatic carbocycles. The van der Waals surface area contributed by atoms with Crippen molar-refractivity contribution in [2.75, 3.05) is 189 Å². The monoisotopic (exact) mass is 1930 g/mol. The fourth-order valence-electron chi connectivity index (χ4n) is 14.6. The van der Waals surface area contributed by atoms with Gasteiger partial charge in [-0.05, 0) is 110 Å². The van der Waals surface area contributed by atoms with Crippen LogP contribution in [0.25, 0.3) is 95.3 Å². The minimum absolute atomic E-state index is 0.0195. The van der Waals surface area contributed by atoms with Crippen LogP contribution in [0.5, 0.6) is 0 Å². The van der Waals surface area contributed by atoms with E-state index >= 15 is 0 Å². The Labute approximate surface area is 880 Å². The number of likely N-dealkylation sites (N-methyl/N-ethyl adjacent to an activating group) is 6. The van der Waals surface area contributed by atoms with Crippen LogP contribution in [0.2, 0.25) is 0 Å². The number of nitrogens with one attached hydrogen (secondary N) is 6.